The zero-order chi connectivity index (χ0) is 23.2. The van der Waals surface area contributed by atoms with Crippen molar-refractivity contribution in [3.05, 3.63) is 24.0 Å². The van der Waals surface area contributed by atoms with E-state index in [4.69, 9.17) is 14.7 Å². The summed E-state index contributed by atoms with van der Waals surface area (Å²) in [5, 5.41) is 6.71. The van der Waals surface area contributed by atoms with Crippen LogP contribution in [0, 0.1) is 5.82 Å². The fourth-order valence-electron chi connectivity index (χ4n) is 4.73. The van der Waals surface area contributed by atoms with Crippen LogP contribution in [0.15, 0.2) is 18.2 Å². The summed E-state index contributed by atoms with van der Waals surface area (Å²) in [6.45, 7) is 2.11. The van der Waals surface area contributed by atoms with Crippen LogP contribution in [0.2, 0.25) is 0 Å². The summed E-state index contributed by atoms with van der Waals surface area (Å²) in [6, 6.07) is 5.48. The number of methoxy groups -OCH3 is 1. The molecular formula is C24H36FN7O. The maximum Gasteiger partial charge on any atom is 0.233 e. The SMILES string of the molecule is COc1c(F)cccc1Nc1nc(NC2CCCCCC2)nc(N(C)C2CCN(C)CC2)n1. The number of nitrogens with one attached hydrogen (secondary N) is 2. The Morgan fingerprint density at radius 3 is 2.39 bits per heavy atom. The Bertz CT molecular complexity index is 912. The topological polar surface area (TPSA) is 78.4 Å². The summed E-state index contributed by atoms with van der Waals surface area (Å²) in [4.78, 5) is 18.6. The first-order valence-corrected chi connectivity index (χ1v) is 12.1. The van der Waals surface area contributed by atoms with E-state index in [-0.39, 0.29) is 5.75 Å². The highest BCUT2D eigenvalue weighted by Crippen LogP contribution is 2.30. The van der Waals surface area contributed by atoms with Crippen LogP contribution in [0.5, 0.6) is 5.75 Å². The van der Waals surface area contributed by atoms with Crippen LogP contribution in [-0.4, -0.2) is 66.2 Å². The van der Waals surface area contributed by atoms with Gasteiger partial charge in [-0.3, -0.25) is 0 Å². The molecular weight excluding hydrogens is 421 g/mol. The molecule has 0 spiro atoms. The second-order valence-corrected chi connectivity index (χ2v) is 9.21. The molecule has 2 fully saturated rings. The van der Waals surface area contributed by atoms with E-state index in [0.717, 1.165) is 38.8 Å². The molecule has 1 aromatic heterocycles. The Balaban J connectivity index is 1.61. The van der Waals surface area contributed by atoms with Gasteiger partial charge in [-0.05, 0) is 58.0 Å². The van der Waals surface area contributed by atoms with Crippen LogP contribution in [0.1, 0.15) is 51.4 Å². The summed E-state index contributed by atoms with van der Waals surface area (Å²) in [6.07, 6.45) is 9.36. The maximum absolute atomic E-state index is 14.2. The molecule has 8 nitrogen and oxygen atoms in total. The van der Waals surface area contributed by atoms with Crippen LogP contribution in [0.3, 0.4) is 0 Å². The third-order valence-corrected chi connectivity index (χ3v) is 6.78. The van der Waals surface area contributed by atoms with Crippen LogP contribution in [0.4, 0.5) is 27.9 Å². The van der Waals surface area contributed by atoms with Gasteiger partial charge < -0.3 is 25.2 Å². The van der Waals surface area contributed by atoms with Gasteiger partial charge in [0.25, 0.3) is 0 Å². The Labute approximate surface area is 196 Å². The van der Waals surface area contributed by atoms with E-state index in [1.165, 1.54) is 38.9 Å². The molecule has 0 amide bonds. The quantitative estimate of drug-likeness (QED) is 0.592. The van der Waals surface area contributed by atoms with Crippen molar-refractivity contribution in [2.24, 2.45) is 0 Å². The number of ether oxygens (including phenoxy) is 1. The van der Waals surface area contributed by atoms with Crippen molar-refractivity contribution in [1.82, 2.24) is 19.9 Å². The van der Waals surface area contributed by atoms with Crippen molar-refractivity contribution in [3.8, 4) is 5.75 Å². The van der Waals surface area contributed by atoms with Gasteiger partial charge in [0, 0.05) is 19.1 Å². The second-order valence-electron chi connectivity index (χ2n) is 9.21. The molecule has 1 aromatic carbocycles. The molecule has 2 heterocycles. The fourth-order valence-corrected chi connectivity index (χ4v) is 4.73. The molecule has 1 saturated heterocycles. The molecule has 0 atom stereocenters. The molecule has 2 aliphatic rings. The summed E-state index contributed by atoms with van der Waals surface area (Å²) in [5.41, 5.74) is 0.483. The molecule has 0 unspecified atom stereocenters. The zero-order valence-corrected chi connectivity index (χ0v) is 20.0. The Kier molecular flexibility index (Phi) is 7.80. The first-order chi connectivity index (χ1) is 16.0. The van der Waals surface area contributed by atoms with Gasteiger partial charge >= 0.3 is 0 Å². The lowest BCUT2D eigenvalue weighted by Gasteiger charge is -2.35. The van der Waals surface area contributed by atoms with E-state index in [2.05, 4.69) is 32.5 Å². The van der Waals surface area contributed by atoms with Crippen LogP contribution >= 0.6 is 0 Å². The van der Waals surface area contributed by atoms with E-state index in [0.29, 0.717) is 35.6 Å². The summed E-state index contributed by atoms with van der Waals surface area (Å²) in [7, 11) is 5.66. The number of para-hydroxylation sites is 1. The van der Waals surface area contributed by atoms with Gasteiger partial charge in [-0.15, -0.1) is 0 Å². The number of nitrogens with zero attached hydrogens (tertiary/aromatic N) is 5. The predicted molar refractivity (Wildman–Crippen MR) is 130 cm³/mol. The maximum atomic E-state index is 14.2. The van der Waals surface area contributed by atoms with E-state index < -0.39 is 5.82 Å². The van der Waals surface area contributed by atoms with Crippen molar-refractivity contribution >= 4 is 23.5 Å². The fraction of sp³-hybridized carbons (Fsp3) is 0.625. The van der Waals surface area contributed by atoms with Crippen LogP contribution < -0.4 is 20.3 Å². The second kappa shape index (κ2) is 11.0. The Hall–Kier alpha value is -2.68. The van der Waals surface area contributed by atoms with Crippen molar-refractivity contribution < 1.29 is 9.13 Å². The molecule has 9 heteroatoms. The third kappa shape index (κ3) is 6.01. The van der Waals surface area contributed by atoms with Gasteiger partial charge in [0.15, 0.2) is 11.6 Å². The minimum atomic E-state index is -0.433. The molecule has 4 rings (SSSR count). The minimum absolute atomic E-state index is 0.140. The largest absolute Gasteiger partial charge is 0.492 e. The van der Waals surface area contributed by atoms with E-state index in [1.54, 1.807) is 12.1 Å². The molecule has 1 aliphatic carbocycles. The number of benzene rings is 1. The van der Waals surface area contributed by atoms with Gasteiger partial charge in [-0.1, -0.05) is 31.7 Å². The summed E-state index contributed by atoms with van der Waals surface area (Å²) < 4.78 is 19.5. The highest BCUT2D eigenvalue weighted by atomic mass is 19.1. The summed E-state index contributed by atoms with van der Waals surface area (Å²) >= 11 is 0. The lowest BCUT2D eigenvalue weighted by Crippen LogP contribution is -2.42. The van der Waals surface area contributed by atoms with E-state index in [9.17, 15) is 4.39 Å². The molecule has 180 valence electrons. The first-order valence-electron chi connectivity index (χ1n) is 12.1. The first kappa shape index (κ1) is 23.5. The molecule has 0 radical (unpaired) electrons. The van der Waals surface area contributed by atoms with Crippen LogP contribution in [-0.2, 0) is 0 Å². The number of halogens is 1. The average Bonchev–Trinajstić information content (AvgIpc) is 3.08. The number of rotatable bonds is 7. The average molecular weight is 458 g/mol. The van der Waals surface area contributed by atoms with E-state index >= 15 is 0 Å². The van der Waals surface area contributed by atoms with E-state index in [1.807, 2.05) is 7.05 Å². The molecule has 0 bridgehead atoms. The monoisotopic (exact) mass is 457 g/mol. The smallest absolute Gasteiger partial charge is 0.233 e. The Morgan fingerprint density at radius 2 is 1.70 bits per heavy atom. The highest BCUT2D eigenvalue weighted by Gasteiger charge is 2.24. The molecule has 1 saturated carbocycles. The lowest BCUT2D eigenvalue weighted by atomic mass is 10.0. The molecule has 33 heavy (non-hydrogen) atoms. The predicted octanol–water partition coefficient (Wildman–Crippen LogP) is 4.43. The van der Waals surface area contributed by atoms with Gasteiger partial charge in [-0.25, -0.2) is 4.39 Å². The molecule has 2 N–H and O–H groups in total. The number of hydrogen-bond acceptors (Lipinski definition) is 8. The highest BCUT2D eigenvalue weighted by molar-refractivity contribution is 5.64. The van der Waals surface area contributed by atoms with Gasteiger partial charge in [0.2, 0.25) is 17.8 Å². The lowest BCUT2D eigenvalue weighted by molar-refractivity contribution is 0.252. The van der Waals surface area contributed by atoms with Crippen LogP contribution in [0.25, 0.3) is 0 Å². The number of likely N-dealkylation sites (tertiary alicyclic amines) is 1. The van der Waals surface area contributed by atoms with Gasteiger partial charge in [-0.2, -0.15) is 15.0 Å². The number of anilines is 4. The van der Waals surface area contributed by atoms with Crippen molar-refractivity contribution in [1.29, 1.82) is 0 Å². The standard InChI is InChI=1S/C24H36FN7O/c1-31-15-13-18(14-16-31)32(2)24-29-22(26-17-9-6-4-5-7-10-17)28-23(30-24)27-20-12-8-11-19(25)21(20)33-3/h8,11-12,17-18H,4-7,9-10,13-16H2,1-3H3,(H2,26,27,28,29,30). The minimum Gasteiger partial charge on any atom is -0.492 e. The van der Waals surface area contributed by atoms with Crippen molar-refractivity contribution in [2.45, 2.75) is 63.5 Å². The number of piperidine rings is 1. The zero-order valence-electron chi connectivity index (χ0n) is 20.0. The summed E-state index contributed by atoms with van der Waals surface area (Å²) in [5.74, 6) is 1.26. The molecule has 2 aromatic rings. The van der Waals surface area contributed by atoms with Crippen molar-refractivity contribution in [3.63, 3.8) is 0 Å². The Morgan fingerprint density at radius 1 is 1.00 bits per heavy atom. The normalized spacial score (nSPS) is 18.5. The third-order valence-electron chi connectivity index (χ3n) is 6.78. The van der Waals surface area contributed by atoms with Gasteiger partial charge in [0.1, 0.15) is 0 Å². The van der Waals surface area contributed by atoms with Crippen molar-refractivity contribution in [2.75, 3.05) is 49.8 Å². The molecule has 1 aliphatic heterocycles. The number of hydrogen-bond donors (Lipinski definition) is 2. The van der Waals surface area contributed by atoms with Gasteiger partial charge in [0.05, 0.1) is 12.8 Å². The number of aromatic nitrogens is 3.